The van der Waals surface area contributed by atoms with Gasteiger partial charge in [0.05, 0.1) is 6.04 Å². The number of halogens is 2. The van der Waals surface area contributed by atoms with Gasteiger partial charge in [-0.05, 0) is 17.7 Å². The lowest BCUT2D eigenvalue weighted by atomic mass is 10.0. The molecule has 1 fully saturated rings. The monoisotopic (exact) mass is 366 g/mol. The van der Waals surface area contributed by atoms with Crippen LogP contribution in [0.25, 0.3) is 0 Å². The summed E-state index contributed by atoms with van der Waals surface area (Å²) in [4.78, 5) is 2.07. The zero-order valence-electron chi connectivity index (χ0n) is 14.0. The molecule has 136 valence electrons. The number of aromatic hydroxyl groups is 1. The van der Waals surface area contributed by atoms with Gasteiger partial charge in [-0.1, -0.05) is 30.3 Å². The molecule has 25 heavy (non-hydrogen) atoms. The summed E-state index contributed by atoms with van der Waals surface area (Å²) in [6.45, 7) is 3.16. The van der Waals surface area contributed by atoms with Crippen molar-refractivity contribution in [1.82, 2.24) is 10.2 Å². The molecule has 1 saturated heterocycles. The van der Waals surface area contributed by atoms with Crippen LogP contribution in [0.1, 0.15) is 17.2 Å². The predicted molar refractivity (Wildman–Crippen MR) is 99.3 cm³/mol. The van der Waals surface area contributed by atoms with Crippen molar-refractivity contribution < 1.29 is 14.2 Å². The fourth-order valence-electron chi connectivity index (χ4n) is 3.01. The van der Waals surface area contributed by atoms with Gasteiger partial charge in [0.15, 0.2) is 0 Å². The number of hydrogen-bond acceptors (Lipinski definition) is 4. The van der Waals surface area contributed by atoms with E-state index in [1.165, 1.54) is 0 Å². The van der Waals surface area contributed by atoms with E-state index in [1.54, 1.807) is 18.2 Å². The minimum atomic E-state index is -0.516. The quantitative estimate of drug-likeness (QED) is 0.823. The van der Waals surface area contributed by atoms with Gasteiger partial charge < -0.3 is 15.2 Å². The van der Waals surface area contributed by atoms with Crippen LogP contribution in [0.3, 0.4) is 0 Å². The van der Waals surface area contributed by atoms with Gasteiger partial charge in [0.25, 0.3) is 0 Å². The minimum absolute atomic E-state index is 0. The van der Waals surface area contributed by atoms with Crippen molar-refractivity contribution in [2.75, 3.05) is 32.9 Å². The number of nitrogens with zero attached hydrogens (tertiary/aromatic N) is 1. The van der Waals surface area contributed by atoms with E-state index >= 15 is 0 Å². The van der Waals surface area contributed by atoms with Crippen molar-refractivity contribution in [3.8, 4) is 11.5 Å². The average molecular weight is 367 g/mol. The molecule has 2 aromatic rings. The van der Waals surface area contributed by atoms with Crippen molar-refractivity contribution >= 4 is 12.4 Å². The molecule has 0 bridgehead atoms. The van der Waals surface area contributed by atoms with Crippen LogP contribution in [0.15, 0.2) is 48.5 Å². The number of hydrogen-bond donors (Lipinski definition) is 2. The zero-order valence-corrected chi connectivity index (χ0v) is 14.8. The second-order valence-corrected chi connectivity index (χ2v) is 5.95. The number of piperazine rings is 1. The maximum Gasteiger partial charge on any atom is 0.124 e. The highest BCUT2D eigenvalue weighted by Crippen LogP contribution is 2.32. The van der Waals surface area contributed by atoms with Crippen LogP contribution in [0.4, 0.5) is 4.39 Å². The molecule has 3 rings (SSSR count). The Morgan fingerprint density at radius 3 is 2.48 bits per heavy atom. The fourth-order valence-corrected chi connectivity index (χ4v) is 3.01. The number of ether oxygens (including phenoxy) is 1. The Balaban J connectivity index is 0.00000225. The van der Waals surface area contributed by atoms with E-state index in [0.717, 1.165) is 31.7 Å². The SMILES string of the molecule is Cl.Oc1cc(OCc2ccccc2)ccc1[C@H](CF)N1CCNCC1. The molecule has 0 unspecified atom stereocenters. The first-order valence-corrected chi connectivity index (χ1v) is 8.28. The molecule has 1 atom stereocenters. The van der Waals surface area contributed by atoms with E-state index in [-0.39, 0.29) is 18.2 Å². The normalized spacial score (nSPS) is 16.0. The number of rotatable bonds is 6. The average Bonchev–Trinajstić information content (AvgIpc) is 2.64. The van der Waals surface area contributed by atoms with Gasteiger partial charge >= 0.3 is 0 Å². The smallest absolute Gasteiger partial charge is 0.124 e. The van der Waals surface area contributed by atoms with Crippen molar-refractivity contribution in [2.24, 2.45) is 0 Å². The Morgan fingerprint density at radius 2 is 1.84 bits per heavy atom. The molecule has 0 amide bonds. The Kier molecular flexibility index (Phi) is 7.50. The molecule has 0 aromatic heterocycles. The van der Waals surface area contributed by atoms with Crippen molar-refractivity contribution in [1.29, 1.82) is 0 Å². The van der Waals surface area contributed by atoms with Crippen LogP contribution in [0.5, 0.6) is 11.5 Å². The molecular formula is C19H24ClFN2O2. The van der Waals surface area contributed by atoms with E-state index in [0.29, 0.717) is 17.9 Å². The molecule has 1 aliphatic rings. The third-order valence-corrected chi connectivity index (χ3v) is 4.35. The lowest BCUT2D eigenvalue weighted by Crippen LogP contribution is -2.45. The first kappa shape index (κ1) is 19.5. The van der Waals surface area contributed by atoms with Crippen LogP contribution in [-0.2, 0) is 6.61 Å². The standard InChI is InChI=1S/C19H23FN2O2.ClH/c20-13-18(22-10-8-21-9-11-22)17-7-6-16(12-19(17)23)24-14-15-4-2-1-3-5-15;/h1-7,12,18,21,23H,8-11,13-14H2;1H/t18-;/m0./s1. The summed E-state index contributed by atoms with van der Waals surface area (Å²) in [6, 6.07) is 14.6. The summed E-state index contributed by atoms with van der Waals surface area (Å²) in [5, 5.41) is 13.6. The maximum atomic E-state index is 13.6. The van der Waals surface area contributed by atoms with Crippen LogP contribution >= 0.6 is 12.4 Å². The molecular weight excluding hydrogens is 343 g/mol. The zero-order chi connectivity index (χ0) is 16.8. The summed E-state index contributed by atoms with van der Waals surface area (Å²) < 4.78 is 19.3. The molecule has 4 nitrogen and oxygen atoms in total. The summed E-state index contributed by atoms with van der Waals surface area (Å²) in [5.74, 6) is 0.666. The fraction of sp³-hybridized carbons (Fsp3) is 0.368. The van der Waals surface area contributed by atoms with Crippen LogP contribution < -0.4 is 10.1 Å². The minimum Gasteiger partial charge on any atom is -0.507 e. The largest absolute Gasteiger partial charge is 0.507 e. The van der Waals surface area contributed by atoms with E-state index in [1.807, 2.05) is 30.3 Å². The first-order valence-electron chi connectivity index (χ1n) is 8.28. The van der Waals surface area contributed by atoms with E-state index < -0.39 is 12.7 Å². The molecule has 1 heterocycles. The lowest BCUT2D eigenvalue weighted by molar-refractivity contribution is 0.145. The molecule has 6 heteroatoms. The van der Waals surface area contributed by atoms with E-state index in [4.69, 9.17) is 4.74 Å². The van der Waals surface area contributed by atoms with Crippen LogP contribution in [0.2, 0.25) is 0 Å². The van der Waals surface area contributed by atoms with Gasteiger partial charge in [0.1, 0.15) is 24.8 Å². The first-order chi connectivity index (χ1) is 11.8. The molecule has 0 saturated carbocycles. The molecule has 2 aromatic carbocycles. The van der Waals surface area contributed by atoms with E-state index in [9.17, 15) is 9.50 Å². The van der Waals surface area contributed by atoms with Crippen molar-refractivity contribution in [3.05, 3.63) is 59.7 Å². The van der Waals surface area contributed by atoms with Gasteiger partial charge in [-0.25, -0.2) is 4.39 Å². The maximum absolute atomic E-state index is 13.6. The van der Waals surface area contributed by atoms with Crippen LogP contribution in [0, 0.1) is 0 Å². The van der Waals surface area contributed by atoms with E-state index in [2.05, 4.69) is 10.2 Å². The molecule has 0 spiro atoms. The Labute approximate surface area is 154 Å². The molecule has 2 N–H and O–H groups in total. The summed E-state index contributed by atoms with van der Waals surface area (Å²) in [6.07, 6.45) is 0. The topological polar surface area (TPSA) is 44.7 Å². The lowest BCUT2D eigenvalue weighted by Gasteiger charge is -2.33. The van der Waals surface area contributed by atoms with Gasteiger partial charge in [-0.3, -0.25) is 4.90 Å². The number of phenolic OH excluding ortho intramolecular Hbond substituents is 1. The summed E-state index contributed by atoms with van der Waals surface area (Å²) >= 11 is 0. The number of benzene rings is 2. The highest BCUT2D eigenvalue weighted by atomic mass is 35.5. The Morgan fingerprint density at radius 1 is 1.12 bits per heavy atom. The number of nitrogens with one attached hydrogen (secondary N) is 1. The van der Waals surface area contributed by atoms with Gasteiger partial charge in [0.2, 0.25) is 0 Å². The highest BCUT2D eigenvalue weighted by Gasteiger charge is 2.24. The molecule has 0 radical (unpaired) electrons. The van der Waals surface area contributed by atoms with Gasteiger partial charge in [0, 0.05) is 37.8 Å². The molecule has 0 aliphatic carbocycles. The van der Waals surface area contributed by atoms with Crippen molar-refractivity contribution in [3.63, 3.8) is 0 Å². The predicted octanol–water partition coefficient (Wildman–Crippen LogP) is 3.31. The second-order valence-electron chi connectivity index (χ2n) is 5.95. The van der Waals surface area contributed by atoms with Gasteiger partial charge in [-0.2, -0.15) is 0 Å². The highest BCUT2D eigenvalue weighted by molar-refractivity contribution is 5.85. The number of phenols is 1. The van der Waals surface area contributed by atoms with Crippen LogP contribution in [-0.4, -0.2) is 42.9 Å². The summed E-state index contributed by atoms with van der Waals surface area (Å²) in [5.41, 5.74) is 1.68. The van der Waals surface area contributed by atoms with Gasteiger partial charge in [-0.15, -0.1) is 12.4 Å². The summed E-state index contributed by atoms with van der Waals surface area (Å²) in [7, 11) is 0. The Hall–Kier alpha value is -1.82. The third-order valence-electron chi connectivity index (χ3n) is 4.35. The molecule has 1 aliphatic heterocycles. The Bertz CT molecular complexity index is 651. The number of alkyl halides is 1. The van der Waals surface area contributed by atoms with Crippen molar-refractivity contribution in [2.45, 2.75) is 12.6 Å². The second kappa shape index (κ2) is 9.61. The third kappa shape index (κ3) is 5.08.